The third kappa shape index (κ3) is 3.01. The molecule has 0 aliphatic heterocycles. The summed E-state index contributed by atoms with van der Waals surface area (Å²) in [7, 11) is 0. The first kappa shape index (κ1) is 14.3. The Balaban J connectivity index is 1.90. The van der Waals surface area contributed by atoms with Crippen molar-refractivity contribution >= 4 is 27.5 Å². The van der Waals surface area contributed by atoms with E-state index < -0.39 is 5.82 Å². The Hall–Kier alpha value is -1.65. The van der Waals surface area contributed by atoms with Gasteiger partial charge in [-0.15, -0.1) is 0 Å². The van der Waals surface area contributed by atoms with Crippen LogP contribution in [0.3, 0.4) is 0 Å². The number of benzene rings is 2. The predicted octanol–water partition coefficient (Wildman–Crippen LogP) is 5.15. The van der Waals surface area contributed by atoms with Crippen molar-refractivity contribution in [2.75, 3.05) is 0 Å². The van der Waals surface area contributed by atoms with E-state index >= 15 is 0 Å². The van der Waals surface area contributed by atoms with Gasteiger partial charge in [0.25, 0.3) is 0 Å². The van der Waals surface area contributed by atoms with Crippen LogP contribution < -0.4 is 0 Å². The van der Waals surface area contributed by atoms with Crippen LogP contribution in [0, 0.1) is 5.82 Å². The lowest BCUT2D eigenvalue weighted by Gasteiger charge is -2.08. The molecule has 2 aromatic carbocycles. The standard InChI is InChI=1S/C16H11BrClFN2/c17-16(11-6-7-15(19)14(18)8-11)12-9-20-21(10-12)13-4-2-1-3-5-13/h1-10,16H. The summed E-state index contributed by atoms with van der Waals surface area (Å²) in [5.74, 6) is -0.417. The van der Waals surface area contributed by atoms with E-state index in [4.69, 9.17) is 11.6 Å². The molecule has 21 heavy (non-hydrogen) atoms. The number of para-hydroxylation sites is 1. The van der Waals surface area contributed by atoms with E-state index in [1.165, 1.54) is 6.07 Å². The van der Waals surface area contributed by atoms with Gasteiger partial charge in [-0.25, -0.2) is 9.07 Å². The second-order valence-corrected chi connectivity index (χ2v) is 5.91. The molecular formula is C16H11BrClFN2. The highest BCUT2D eigenvalue weighted by Gasteiger charge is 2.14. The molecule has 0 saturated carbocycles. The summed E-state index contributed by atoms with van der Waals surface area (Å²) < 4.78 is 15.0. The van der Waals surface area contributed by atoms with E-state index in [0.29, 0.717) is 0 Å². The number of hydrogen-bond donors (Lipinski definition) is 0. The van der Waals surface area contributed by atoms with Crippen molar-refractivity contribution in [2.24, 2.45) is 0 Å². The number of nitrogens with zero attached hydrogens (tertiary/aromatic N) is 2. The first-order chi connectivity index (χ1) is 10.1. The molecule has 0 fully saturated rings. The molecule has 3 rings (SSSR count). The number of halogens is 3. The third-order valence-electron chi connectivity index (χ3n) is 3.15. The van der Waals surface area contributed by atoms with Crippen molar-refractivity contribution < 1.29 is 4.39 Å². The van der Waals surface area contributed by atoms with Crippen LogP contribution in [-0.2, 0) is 0 Å². The number of alkyl halides is 1. The molecule has 0 aliphatic rings. The van der Waals surface area contributed by atoms with Crippen molar-refractivity contribution in [1.29, 1.82) is 0 Å². The second-order valence-electron chi connectivity index (χ2n) is 4.59. The molecule has 0 radical (unpaired) electrons. The van der Waals surface area contributed by atoms with E-state index in [2.05, 4.69) is 21.0 Å². The van der Waals surface area contributed by atoms with Gasteiger partial charge in [-0.2, -0.15) is 5.10 Å². The molecule has 0 saturated heterocycles. The number of hydrogen-bond acceptors (Lipinski definition) is 1. The van der Waals surface area contributed by atoms with Gasteiger partial charge in [-0.1, -0.05) is 51.8 Å². The summed E-state index contributed by atoms with van der Waals surface area (Å²) in [6.45, 7) is 0. The van der Waals surface area contributed by atoms with Gasteiger partial charge in [0.2, 0.25) is 0 Å². The second kappa shape index (κ2) is 6.00. The fourth-order valence-corrected chi connectivity index (χ4v) is 2.76. The van der Waals surface area contributed by atoms with Gasteiger partial charge in [0.1, 0.15) is 5.82 Å². The molecule has 2 nitrogen and oxygen atoms in total. The minimum absolute atomic E-state index is 0.0898. The van der Waals surface area contributed by atoms with Crippen LogP contribution in [0.4, 0.5) is 4.39 Å². The highest BCUT2D eigenvalue weighted by Crippen LogP contribution is 2.32. The normalized spacial score (nSPS) is 12.3. The fourth-order valence-electron chi connectivity index (χ4n) is 2.05. The van der Waals surface area contributed by atoms with Gasteiger partial charge in [0.05, 0.1) is 21.7 Å². The van der Waals surface area contributed by atoms with Gasteiger partial charge in [0, 0.05) is 11.8 Å². The Kier molecular flexibility index (Phi) is 4.08. The summed E-state index contributed by atoms with van der Waals surface area (Å²) >= 11 is 9.43. The van der Waals surface area contributed by atoms with Crippen molar-refractivity contribution in [1.82, 2.24) is 9.78 Å². The Morgan fingerprint density at radius 2 is 1.86 bits per heavy atom. The summed E-state index contributed by atoms with van der Waals surface area (Å²) in [6, 6.07) is 14.5. The molecular weight excluding hydrogens is 355 g/mol. The molecule has 0 aliphatic carbocycles. The molecule has 0 bridgehead atoms. The Morgan fingerprint density at radius 3 is 2.57 bits per heavy atom. The predicted molar refractivity (Wildman–Crippen MR) is 85.7 cm³/mol. The van der Waals surface area contributed by atoms with Gasteiger partial charge in [-0.3, -0.25) is 0 Å². The molecule has 1 heterocycles. The van der Waals surface area contributed by atoms with Crippen molar-refractivity contribution in [2.45, 2.75) is 4.83 Å². The Bertz CT molecular complexity index is 758. The maximum absolute atomic E-state index is 13.2. The molecule has 1 atom stereocenters. The van der Waals surface area contributed by atoms with E-state index in [1.54, 1.807) is 23.0 Å². The maximum Gasteiger partial charge on any atom is 0.141 e. The molecule has 0 spiro atoms. The van der Waals surface area contributed by atoms with Crippen LogP contribution in [-0.4, -0.2) is 9.78 Å². The van der Waals surface area contributed by atoms with Crippen LogP contribution in [0.5, 0.6) is 0 Å². The fraction of sp³-hybridized carbons (Fsp3) is 0.0625. The minimum atomic E-state index is -0.417. The first-order valence-electron chi connectivity index (χ1n) is 6.34. The Labute approximate surface area is 135 Å². The number of rotatable bonds is 3. The largest absolute Gasteiger partial charge is 0.241 e. The van der Waals surface area contributed by atoms with E-state index in [1.807, 2.05) is 36.5 Å². The average Bonchev–Trinajstić information content (AvgIpc) is 3.00. The summed E-state index contributed by atoms with van der Waals surface area (Å²) in [5.41, 5.74) is 2.84. The van der Waals surface area contributed by atoms with Crippen molar-refractivity contribution in [3.8, 4) is 5.69 Å². The monoisotopic (exact) mass is 364 g/mol. The van der Waals surface area contributed by atoms with Gasteiger partial charge in [-0.05, 0) is 29.8 Å². The van der Waals surface area contributed by atoms with E-state index in [-0.39, 0.29) is 9.85 Å². The van der Waals surface area contributed by atoms with E-state index in [0.717, 1.165) is 16.8 Å². The summed E-state index contributed by atoms with van der Waals surface area (Å²) in [4.78, 5) is -0.0898. The minimum Gasteiger partial charge on any atom is -0.241 e. The quantitative estimate of drug-likeness (QED) is 0.587. The molecule has 0 amide bonds. The highest BCUT2D eigenvalue weighted by atomic mass is 79.9. The van der Waals surface area contributed by atoms with Crippen molar-refractivity contribution in [3.63, 3.8) is 0 Å². The smallest absolute Gasteiger partial charge is 0.141 e. The molecule has 106 valence electrons. The van der Waals surface area contributed by atoms with Gasteiger partial charge >= 0.3 is 0 Å². The Morgan fingerprint density at radius 1 is 1.10 bits per heavy atom. The third-order valence-corrected chi connectivity index (χ3v) is 4.50. The van der Waals surface area contributed by atoms with Crippen molar-refractivity contribution in [3.05, 3.63) is 82.9 Å². The lowest BCUT2D eigenvalue weighted by atomic mass is 10.1. The first-order valence-corrected chi connectivity index (χ1v) is 7.63. The maximum atomic E-state index is 13.2. The van der Waals surface area contributed by atoms with Gasteiger partial charge in [0.15, 0.2) is 0 Å². The molecule has 1 aromatic heterocycles. The van der Waals surface area contributed by atoms with E-state index in [9.17, 15) is 4.39 Å². The molecule has 3 aromatic rings. The molecule has 0 N–H and O–H groups in total. The van der Waals surface area contributed by atoms with Crippen LogP contribution in [0.15, 0.2) is 60.9 Å². The van der Waals surface area contributed by atoms with Crippen LogP contribution >= 0.6 is 27.5 Å². The lowest BCUT2D eigenvalue weighted by molar-refractivity contribution is 0.627. The highest BCUT2D eigenvalue weighted by molar-refractivity contribution is 9.09. The van der Waals surface area contributed by atoms with Gasteiger partial charge < -0.3 is 0 Å². The summed E-state index contributed by atoms with van der Waals surface area (Å²) in [5, 5.41) is 4.47. The summed E-state index contributed by atoms with van der Waals surface area (Å²) in [6.07, 6.45) is 3.72. The zero-order valence-electron chi connectivity index (χ0n) is 10.9. The topological polar surface area (TPSA) is 17.8 Å². The SMILES string of the molecule is Fc1ccc(C(Br)c2cnn(-c3ccccc3)c2)cc1Cl. The van der Waals surface area contributed by atoms with Crippen LogP contribution in [0.25, 0.3) is 5.69 Å². The molecule has 1 unspecified atom stereocenters. The van der Waals surface area contributed by atoms with Crippen LogP contribution in [0.1, 0.15) is 16.0 Å². The number of aromatic nitrogens is 2. The lowest BCUT2D eigenvalue weighted by Crippen LogP contribution is -1.94. The van der Waals surface area contributed by atoms with Crippen LogP contribution in [0.2, 0.25) is 5.02 Å². The zero-order chi connectivity index (χ0) is 14.8. The average molecular weight is 366 g/mol. The molecule has 5 heteroatoms. The zero-order valence-corrected chi connectivity index (χ0v) is 13.2.